The summed E-state index contributed by atoms with van der Waals surface area (Å²) in [5.74, 6) is -6.04. The molecule has 0 amide bonds. The minimum atomic E-state index is -3.02. The van der Waals surface area contributed by atoms with Crippen LogP contribution in [-0.4, -0.2) is 32.6 Å². The highest BCUT2D eigenvalue weighted by Crippen LogP contribution is 2.30. The molecular formula is C10H8N2O6. The first-order valence-electron chi connectivity index (χ1n) is 4.52. The summed E-state index contributed by atoms with van der Waals surface area (Å²) in [6, 6.07) is 4.75. The van der Waals surface area contributed by atoms with Gasteiger partial charge in [-0.2, -0.15) is 0 Å². The first-order valence-corrected chi connectivity index (χ1v) is 4.52. The largest absolute Gasteiger partial charge is 0.343 e. The van der Waals surface area contributed by atoms with Gasteiger partial charge in [-0.1, -0.05) is 24.3 Å². The van der Waals surface area contributed by atoms with Crippen molar-refractivity contribution in [3.05, 3.63) is 35.4 Å². The van der Waals surface area contributed by atoms with E-state index in [0.717, 1.165) is 24.3 Å². The van der Waals surface area contributed by atoms with Crippen molar-refractivity contribution in [1.29, 1.82) is 0 Å². The fourth-order valence-electron chi connectivity index (χ4n) is 1.32. The zero-order valence-electron chi connectivity index (χ0n) is 8.81. The van der Waals surface area contributed by atoms with Crippen molar-refractivity contribution >= 4 is 12.2 Å². The molecule has 0 bridgehead atoms. The molecule has 0 unspecified atom stereocenters. The Bertz CT molecular complexity index is 492. The van der Waals surface area contributed by atoms with Crippen molar-refractivity contribution in [3.8, 4) is 0 Å². The van der Waals surface area contributed by atoms with Crippen LogP contribution < -0.4 is 0 Å². The Morgan fingerprint density at radius 1 is 0.833 bits per heavy atom. The van der Waals surface area contributed by atoms with E-state index >= 15 is 0 Å². The Morgan fingerprint density at radius 2 is 1.17 bits per heavy atom. The Morgan fingerprint density at radius 3 is 1.44 bits per heavy atom. The molecule has 94 valence electrons. The second-order valence-electron chi connectivity index (χ2n) is 3.22. The molecule has 0 radical (unpaired) electrons. The van der Waals surface area contributed by atoms with Gasteiger partial charge in [-0.05, 0) is 0 Å². The van der Waals surface area contributed by atoms with Crippen LogP contribution in [0.1, 0.15) is 11.1 Å². The summed E-state index contributed by atoms with van der Waals surface area (Å²) in [7, 11) is 0. The van der Waals surface area contributed by atoms with Crippen LogP contribution in [0.5, 0.6) is 0 Å². The lowest BCUT2D eigenvalue weighted by atomic mass is 10.0. The third-order valence-electron chi connectivity index (χ3n) is 2.05. The third-order valence-corrected chi connectivity index (χ3v) is 2.05. The smallest absolute Gasteiger partial charge is 0.304 e. The van der Waals surface area contributed by atoms with Gasteiger partial charge in [0.15, 0.2) is 0 Å². The molecular weight excluding hydrogens is 244 g/mol. The van der Waals surface area contributed by atoms with Crippen LogP contribution in [0.4, 0.5) is 0 Å². The Hall–Kier alpha value is -2.18. The van der Waals surface area contributed by atoms with Crippen molar-refractivity contribution in [2.24, 2.45) is 9.98 Å². The van der Waals surface area contributed by atoms with Gasteiger partial charge in [-0.25, -0.2) is 9.59 Å². The van der Waals surface area contributed by atoms with Crippen LogP contribution >= 0.6 is 0 Å². The zero-order chi connectivity index (χ0) is 13.8. The van der Waals surface area contributed by atoms with E-state index in [9.17, 15) is 30.0 Å². The molecule has 0 aromatic heterocycles. The molecule has 0 spiro atoms. The van der Waals surface area contributed by atoms with Gasteiger partial charge >= 0.3 is 11.8 Å². The lowest BCUT2D eigenvalue weighted by Crippen LogP contribution is -2.31. The van der Waals surface area contributed by atoms with E-state index in [1.165, 1.54) is 12.1 Å². The molecule has 1 rings (SSSR count). The number of isocyanates is 2. The van der Waals surface area contributed by atoms with E-state index in [0.29, 0.717) is 0 Å². The number of carbonyl (C=O) groups excluding carboxylic acids is 2. The van der Waals surface area contributed by atoms with Gasteiger partial charge in [0, 0.05) is 11.1 Å². The van der Waals surface area contributed by atoms with Crippen molar-refractivity contribution in [3.63, 3.8) is 0 Å². The average molecular weight is 252 g/mol. The summed E-state index contributed by atoms with van der Waals surface area (Å²) in [5.41, 5.74) is -1.09. The summed E-state index contributed by atoms with van der Waals surface area (Å²) < 4.78 is 0. The molecule has 0 aliphatic rings. The van der Waals surface area contributed by atoms with Crippen molar-refractivity contribution in [2.45, 2.75) is 11.8 Å². The number of rotatable bonds is 4. The molecule has 0 aliphatic heterocycles. The van der Waals surface area contributed by atoms with E-state index in [-0.39, 0.29) is 0 Å². The lowest BCUT2D eigenvalue weighted by molar-refractivity contribution is -0.183. The summed E-state index contributed by atoms with van der Waals surface area (Å²) in [5, 5.41) is 37.8. The van der Waals surface area contributed by atoms with E-state index < -0.39 is 22.9 Å². The highest BCUT2D eigenvalue weighted by Gasteiger charge is 2.36. The molecule has 18 heavy (non-hydrogen) atoms. The van der Waals surface area contributed by atoms with Gasteiger partial charge in [-0.15, -0.1) is 9.98 Å². The molecule has 0 atom stereocenters. The van der Waals surface area contributed by atoms with Crippen LogP contribution in [0.15, 0.2) is 34.3 Å². The van der Waals surface area contributed by atoms with Crippen LogP contribution in [0, 0.1) is 0 Å². The van der Waals surface area contributed by atoms with Crippen molar-refractivity contribution in [1.82, 2.24) is 0 Å². The highest BCUT2D eigenvalue weighted by molar-refractivity contribution is 5.41. The molecule has 8 nitrogen and oxygen atoms in total. The molecule has 4 N–H and O–H groups in total. The summed E-state index contributed by atoms with van der Waals surface area (Å²) in [4.78, 5) is 25.5. The number of nitrogens with zero attached hydrogens (tertiary/aromatic N) is 2. The molecule has 0 heterocycles. The molecule has 0 aliphatic carbocycles. The second kappa shape index (κ2) is 4.99. The zero-order valence-corrected chi connectivity index (χ0v) is 8.81. The normalized spacial score (nSPS) is 11.3. The summed E-state index contributed by atoms with van der Waals surface area (Å²) in [6.07, 6.45) is 1.84. The number of aliphatic hydroxyl groups is 4. The standard InChI is InChI=1S/C10H8N2O6/c13-5-11-9(15,16)7-3-1-2-4-8(7)10(17,18)12-6-14/h1-4,15-18H. The molecule has 1 aromatic carbocycles. The molecule has 0 fully saturated rings. The number of benzene rings is 1. The molecule has 1 aromatic rings. The minimum Gasteiger partial charge on any atom is -0.343 e. The SMILES string of the molecule is O=C=NC(O)(O)c1ccccc1C(O)(O)N=C=O. The second-order valence-corrected chi connectivity index (χ2v) is 3.22. The van der Waals surface area contributed by atoms with E-state index in [1.807, 2.05) is 0 Å². The number of aliphatic imine (C=N–C) groups is 2. The van der Waals surface area contributed by atoms with Crippen LogP contribution in [0.25, 0.3) is 0 Å². The fourth-order valence-corrected chi connectivity index (χ4v) is 1.32. The number of hydrogen-bond donors (Lipinski definition) is 4. The van der Waals surface area contributed by atoms with Crippen LogP contribution in [-0.2, 0) is 21.4 Å². The molecule has 0 saturated carbocycles. The Balaban J connectivity index is 3.49. The van der Waals surface area contributed by atoms with Crippen LogP contribution in [0.3, 0.4) is 0 Å². The fraction of sp³-hybridized carbons (Fsp3) is 0.200. The molecule has 8 heteroatoms. The van der Waals surface area contributed by atoms with E-state index in [4.69, 9.17) is 0 Å². The van der Waals surface area contributed by atoms with Gasteiger partial charge in [0.1, 0.15) is 0 Å². The first kappa shape index (κ1) is 13.9. The predicted octanol–water partition coefficient (Wildman–Crippen LogP) is -1.45. The maximum Gasteiger partial charge on any atom is 0.304 e. The van der Waals surface area contributed by atoms with E-state index in [2.05, 4.69) is 9.98 Å². The van der Waals surface area contributed by atoms with Gasteiger partial charge in [-0.3, -0.25) is 0 Å². The van der Waals surface area contributed by atoms with Gasteiger partial charge < -0.3 is 20.4 Å². The van der Waals surface area contributed by atoms with Gasteiger partial charge in [0.05, 0.1) is 0 Å². The average Bonchev–Trinajstić information content (AvgIpc) is 2.29. The van der Waals surface area contributed by atoms with Crippen molar-refractivity contribution in [2.75, 3.05) is 0 Å². The maximum atomic E-state index is 10.1. The Labute approximate surface area is 100 Å². The number of hydrogen-bond acceptors (Lipinski definition) is 8. The quantitative estimate of drug-likeness (QED) is 0.293. The highest BCUT2D eigenvalue weighted by atomic mass is 16.5. The monoisotopic (exact) mass is 252 g/mol. The first-order chi connectivity index (χ1) is 8.35. The van der Waals surface area contributed by atoms with Crippen molar-refractivity contribution < 1.29 is 30.0 Å². The van der Waals surface area contributed by atoms with Gasteiger partial charge in [0.25, 0.3) is 0 Å². The molecule has 0 saturated heterocycles. The third kappa shape index (κ3) is 2.73. The van der Waals surface area contributed by atoms with Gasteiger partial charge in [0.2, 0.25) is 12.2 Å². The topological polar surface area (TPSA) is 140 Å². The van der Waals surface area contributed by atoms with E-state index in [1.54, 1.807) is 0 Å². The predicted molar refractivity (Wildman–Crippen MR) is 54.9 cm³/mol. The summed E-state index contributed by atoms with van der Waals surface area (Å²) >= 11 is 0. The minimum absolute atomic E-state index is 0.544. The Kier molecular flexibility index (Phi) is 3.85. The summed E-state index contributed by atoms with van der Waals surface area (Å²) in [6.45, 7) is 0. The van der Waals surface area contributed by atoms with Crippen LogP contribution in [0.2, 0.25) is 0 Å². The lowest BCUT2D eigenvalue weighted by Gasteiger charge is -2.23. The maximum absolute atomic E-state index is 10.1.